The average Bonchev–Trinajstić information content (AvgIpc) is 2.28. The molecule has 0 aliphatic heterocycles. The molecule has 5 heteroatoms. The van der Waals surface area contributed by atoms with E-state index in [1.165, 1.54) is 0 Å². The first-order valence-corrected chi connectivity index (χ1v) is 6.98. The van der Waals surface area contributed by atoms with E-state index in [0.717, 1.165) is 0 Å². The van der Waals surface area contributed by atoms with Crippen LogP contribution in [0.25, 0.3) is 0 Å². The fourth-order valence-electron chi connectivity index (χ4n) is 1.36. The van der Waals surface area contributed by atoms with E-state index < -0.39 is 10.8 Å². The Balaban J connectivity index is 2.38. The van der Waals surface area contributed by atoms with Gasteiger partial charge >= 0.3 is 0 Å². The minimum Gasteiger partial charge on any atom is -0.493 e. The zero-order chi connectivity index (χ0) is 12.7. The average molecular weight is 257 g/mol. The third-order valence-corrected chi connectivity index (χ3v) is 3.61. The Morgan fingerprint density at radius 2 is 2.00 bits per heavy atom. The quantitative estimate of drug-likeness (QED) is 0.796. The van der Waals surface area contributed by atoms with E-state index in [4.69, 9.17) is 15.2 Å². The van der Waals surface area contributed by atoms with Crippen LogP contribution in [-0.2, 0) is 10.8 Å². The topological polar surface area (TPSA) is 61.5 Å². The maximum Gasteiger partial charge on any atom is 0.161 e. The van der Waals surface area contributed by atoms with Gasteiger partial charge in [0.1, 0.15) is 0 Å². The smallest absolute Gasteiger partial charge is 0.161 e. The predicted octanol–water partition coefficient (Wildman–Crippen LogP) is 1.17. The van der Waals surface area contributed by atoms with Crippen molar-refractivity contribution in [3.8, 4) is 11.5 Å². The Labute approximate surface area is 105 Å². The van der Waals surface area contributed by atoms with Gasteiger partial charge in [0.15, 0.2) is 11.5 Å². The second kappa shape index (κ2) is 7.29. The highest BCUT2D eigenvalue weighted by atomic mass is 32.2. The molecule has 0 spiro atoms. The summed E-state index contributed by atoms with van der Waals surface area (Å²) in [6.07, 6.45) is 0. The summed E-state index contributed by atoms with van der Waals surface area (Å²) in [5.41, 5.74) is 5.57. The third-order valence-electron chi connectivity index (χ3n) is 2.09. The van der Waals surface area contributed by atoms with Gasteiger partial charge < -0.3 is 15.2 Å². The van der Waals surface area contributed by atoms with Crippen LogP contribution in [0.15, 0.2) is 24.3 Å². The van der Waals surface area contributed by atoms with Crippen molar-refractivity contribution >= 4 is 10.8 Å². The number of hydrogen-bond donors (Lipinski definition) is 1. The molecule has 17 heavy (non-hydrogen) atoms. The Morgan fingerprint density at radius 1 is 1.35 bits per heavy atom. The van der Waals surface area contributed by atoms with Crippen LogP contribution in [0.2, 0.25) is 0 Å². The van der Waals surface area contributed by atoms with Gasteiger partial charge in [0.05, 0.1) is 19.5 Å². The zero-order valence-electron chi connectivity index (χ0n) is 10.2. The molecule has 0 heterocycles. The summed E-state index contributed by atoms with van der Waals surface area (Å²) in [5.74, 6) is 2.35. The van der Waals surface area contributed by atoms with Crippen molar-refractivity contribution in [2.45, 2.75) is 13.0 Å². The Kier molecular flexibility index (Phi) is 6.00. The second-order valence-electron chi connectivity index (χ2n) is 3.79. The molecule has 1 rings (SSSR count). The van der Waals surface area contributed by atoms with E-state index in [9.17, 15) is 4.21 Å². The van der Waals surface area contributed by atoms with Crippen molar-refractivity contribution in [2.24, 2.45) is 5.73 Å². The first-order valence-electron chi connectivity index (χ1n) is 5.50. The van der Waals surface area contributed by atoms with Crippen molar-refractivity contribution < 1.29 is 13.7 Å². The standard InChI is InChI=1S/C12H19NO3S/c1-10(13)9-17(14)8-7-16-12-6-4-3-5-11(12)15-2/h3-6,10H,7-9,13H2,1-2H3. The summed E-state index contributed by atoms with van der Waals surface area (Å²) in [6, 6.07) is 7.36. The van der Waals surface area contributed by atoms with Gasteiger partial charge in [-0.2, -0.15) is 0 Å². The van der Waals surface area contributed by atoms with Gasteiger partial charge in [-0.25, -0.2) is 0 Å². The first kappa shape index (κ1) is 14.0. The summed E-state index contributed by atoms with van der Waals surface area (Å²) in [7, 11) is 0.671. The number of hydrogen-bond acceptors (Lipinski definition) is 4. The van der Waals surface area contributed by atoms with E-state index >= 15 is 0 Å². The molecule has 2 N–H and O–H groups in total. The number of methoxy groups -OCH3 is 1. The molecule has 0 amide bonds. The molecule has 0 aliphatic rings. The molecular weight excluding hydrogens is 238 g/mol. The fourth-order valence-corrected chi connectivity index (χ4v) is 2.38. The van der Waals surface area contributed by atoms with Crippen LogP contribution in [0.1, 0.15) is 6.92 Å². The molecule has 0 aliphatic carbocycles. The Hall–Kier alpha value is -1.07. The summed E-state index contributed by atoms with van der Waals surface area (Å²) >= 11 is 0. The van der Waals surface area contributed by atoms with Gasteiger partial charge in [-0.3, -0.25) is 4.21 Å². The normalized spacial score (nSPS) is 14.1. The fraction of sp³-hybridized carbons (Fsp3) is 0.500. The van der Waals surface area contributed by atoms with Gasteiger partial charge in [-0.1, -0.05) is 12.1 Å². The number of nitrogens with two attached hydrogens (primary N) is 1. The van der Waals surface area contributed by atoms with Crippen LogP contribution >= 0.6 is 0 Å². The van der Waals surface area contributed by atoms with Crippen molar-refractivity contribution in [1.29, 1.82) is 0 Å². The molecule has 0 bridgehead atoms. The molecular formula is C12H19NO3S. The van der Waals surface area contributed by atoms with Crippen molar-refractivity contribution in [2.75, 3.05) is 25.2 Å². The van der Waals surface area contributed by atoms with Crippen LogP contribution < -0.4 is 15.2 Å². The van der Waals surface area contributed by atoms with Crippen LogP contribution in [0.3, 0.4) is 0 Å². The Morgan fingerprint density at radius 3 is 2.59 bits per heavy atom. The molecule has 1 aromatic rings. The van der Waals surface area contributed by atoms with Crippen molar-refractivity contribution in [3.63, 3.8) is 0 Å². The molecule has 2 atom stereocenters. The molecule has 0 radical (unpaired) electrons. The van der Waals surface area contributed by atoms with Crippen LogP contribution in [0.5, 0.6) is 11.5 Å². The van der Waals surface area contributed by atoms with E-state index in [0.29, 0.717) is 29.6 Å². The van der Waals surface area contributed by atoms with Gasteiger partial charge in [0.2, 0.25) is 0 Å². The molecule has 4 nitrogen and oxygen atoms in total. The van der Waals surface area contributed by atoms with Crippen molar-refractivity contribution in [3.05, 3.63) is 24.3 Å². The monoisotopic (exact) mass is 257 g/mol. The molecule has 0 saturated heterocycles. The minimum atomic E-state index is -0.923. The van der Waals surface area contributed by atoms with Crippen molar-refractivity contribution in [1.82, 2.24) is 0 Å². The molecule has 2 unspecified atom stereocenters. The Bertz CT molecular complexity index is 369. The summed E-state index contributed by atoms with van der Waals surface area (Å²) < 4.78 is 22.2. The summed E-state index contributed by atoms with van der Waals surface area (Å²) in [5, 5.41) is 0. The third kappa shape index (κ3) is 5.19. The summed E-state index contributed by atoms with van der Waals surface area (Å²) in [6.45, 7) is 2.25. The maximum atomic E-state index is 11.5. The highest BCUT2D eigenvalue weighted by molar-refractivity contribution is 7.85. The van der Waals surface area contributed by atoms with E-state index in [1.54, 1.807) is 7.11 Å². The first-order chi connectivity index (χ1) is 8.13. The van der Waals surface area contributed by atoms with E-state index in [-0.39, 0.29) is 6.04 Å². The molecule has 1 aromatic carbocycles. The molecule has 0 aromatic heterocycles. The lowest BCUT2D eigenvalue weighted by Crippen LogP contribution is -2.25. The number of ether oxygens (including phenoxy) is 2. The van der Waals surface area contributed by atoms with Crippen LogP contribution in [0.4, 0.5) is 0 Å². The minimum absolute atomic E-state index is 0.0397. The highest BCUT2D eigenvalue weighted by Crippen LogP contribution is 2.25. The number of rotatable bonds is 7. The van der Waals surface area contributed by atoms with Crippen LogP contribution in [0, 0.1) is 0 Å². The highest BCUT2D eigenvalue weighted by Gasteiger charge is 2.06. The van der Waals surface area contributed by atoms with E-state index in [2.05, 4.69) is 0 Å². The lowest BCUT2D eigenvalue weighted by atomic mass is 10.3. The zero-order valence-corrected chi connectivity index (χ0v) is 11.0. The summed E-state index contributed by atoms with van der Waals surface area (Å²) in [4.78, 5) is 0. The van der Waals surface area contributed by atoms with Gasteiger partial charge in [0.25, 0.3) is 0 Å². The lowest BCUT2D eigenvalue weighted by Gasteiger charge is -2.10. The van der Waals surface area contributed by atoms with Crippen LogP contribution in [-0.4, -0.2) is 35.5 Å². The molecule has 0 saturated carbocycles. The largest absolute Gasteiger partial charge is 0.493 e. The van der Waals surface area contributed by atoms with Gasteiger partial charge in [0, 0.05) is 22.6 Å². The van der Waals surface area contributed by atoms with Gasteiger partial charge in [-0.15, -0.1) is 0 Å². The number of para-hydroxylation sites is 2. The SMILES string of the molecule is COc1ccccc1OCCS(=O)CC(C)N. The predicted molar refractivity (Wildman–Crippen MR) is 70.0 cm³/mol. The molecule has 0 fully saturated rings. The maximum absolute atomic E-state index is 11.5. The van der Waals surface area contributed by atoms with Gasteiger partial charge in [-0.05, 0) is 19.1 Å². The number of benzene rings is 1. The lowest BCUT2D eigenvalue weighted by molar-refractivity contribution is 0.312. The molecule has 96 valence electrons. The van der Waals surface area contributed by atoms with E-state index in [1.807, 2.05) is 31.2 Å². The second-order valence-corrected chi connectivity index (χ2v) is 5.41.